The minimum absolute atomic E-state index is 0.0824. The van der Waals surface area contributed by atoms with Crippen LogP contribution in [-0.4, -0.2) is 24.9 Å². The molecule has 6 heteroatoms. The first-order valence-electron chi connectivity index (χ1n) is 8.10. The van der Waals surface area contributed by atoms with Gasteiger partial charge in [-0.15, -0.1) is 0 Å². The van der Waals surface area contributed by atoms with Crippen molar-refractivity contribution in [1.82, 2.24) is 0 Å². The number of carbonyl (C=O) groups excluding carboxylic acids is 2. The highest BCUT2D eigenvalue weighted by Gasteiger charge is 2.23. The molecule has 25 heavy (non-hydrogen) atoms. The Balaban J connectivity index is 1.62. The summed E-state index contributed by atoms with van der Waals surface area (Å²) in [6, 6.07) is 16.2. The van der Waals surface area contributed by atoms with Gasteiger partial charge in [-0.1, -0.05) is 12.1 Å². The molecule has 2 aromatic rings. The van der Waals surface area contributed by atoms with E-state index in [1.54, 1.807) is 29.2 Å². The third kappa shape index (κ3) is 3.96. The number of amides is 2. The second-order valence-corrected chi connectivity index (χ2v) is 5.76. The molecule has 0 atom stereocenters. The summed E-state index contributed by atoms with van der Waals surface area (Å²) in [4.78, 5) is 25.8. The van der Waals surface area contributed by atoms with Gasteiger partial charge in [-0.2, -0.15) is 5.26 Å². The average Bonchev–Trinajstić information content (AvgIpc) is 3.06. The Kier molecular flexibility index (Phi) is 4.95. The Hall–Kier alpha value is -3.33. The molecule has 1 saturated heterocycles. The Morgan fingerprint density at radius 2 is 1.92 bits per heavy atom. The standard InChI is InChI=1S/C19H18N4O2/c20-12-14-7-9-15(10-8-14)22-18(24)13-21-16-4-1-2-5-17(16)23-11-3-6-19(23)25/h1-2,4-5,7-10,21H,3,6,11,13H2,(H,22,24). The molecule has 0 saturated carbocycles. The topological polar surface area (TPSA) is 85.2 Å². The van der Waals surface area contributed by atoms with Crippen molar-refractivity contribution in [2.75, 3.05) is 28.6 Å². The number of benzene rings is 2. The molecule has 0 spiro atoms. The second kappa shape index (κ2) is 7.49. The molecule has 2 amide bonds. The van der Waals surface area contributed by atoms with E-state index in [0.29, 0.717) is 24.2 Å². The fraction of sp³-hybridized carbons (Fsp3) is 0.211. The van der Waals surface area contributed by atoms with E-state index >= 15 is 0 Å². The number of carbonyl (C=O) groups is 2. The summed E-state index contributed by atoms with van der Waals surface area (Å²) in [5.41, 5.74) is 2.73. The van der Waals surface area contributed by atoms with Gasteiger partial charge in [-0.05, 0) is 42.8 Å². The first-order chi connectivity index (χ1) is 12.2. The highest BCUT2D eigenvalue weighted by atomic mass is 16.2. The monoisotopic (exact) mass is 334 g/mol. The number of nitrogens with one attached hydrogen (secondary N) is 2. The quantitative estimate of drug-likeness (QED) is 0.880. The van der Waals surface area contributed by atoms with Crippen molar-refractivity contribution in [2.24, 2.45) is 0 Å². The zero-order chi connectivity index (χ0) is 17.6. The van der Waals surface area contributed by atoms with E-state index in [-0.39, 0.29) is 18.4 Å². The van der Waals surface area contributed by atoms with Gasteiger partial charge in [-0.25, -0.2) is 0 Å². The smallest absolute Gasteiger partial charge is 0.243 e. The van der Waals surface area contributed by atoms with E-state index in [9.17, 15) is 9.59 Å². The Morgan fingerprint density at radius 3 is 2.60 bits per heavy atom. The molecule has 6 nitrogen and oxygen atoms in total. The van der Waals surface area contributed by atoms with E-state index in [4.69, 9.17) is 5.26 Å². The van der Waals surface area contributed by atoms with Gasteiger partial charge in [-0.3, -0.25) is 9.59 Å². The van der Waals surface area contributed by atoms with E-state index in [1.165, 1.54) is 0 Å². The summed E-state index contributed by atoms with van der Waals surface area (Å²) >= 11 is 0. The van der Waals surface area contributed by atoms with E-state index in [1.807, 2.05) is 30.3 Å². The highest BCUT2D eigenvalue weighted by Crippen LogP contribution is 2.29. The molecular formula is C19H18N4O2. The summed E-state index contributed by atoms with van der Waals surface area (Å²) in [5, 5.41) is 14.6. The van der Waals surface area contributed by atoms with Crippen LogP contribution < -0.4 is 15.5 Å². The largest absolute Gasteiger partial charge is 0.374 e. The molecule has 126 valence electrons. The van der Waals surface area contributed by atoms with Crippen LogP contribution in [0.1, 0.15) is 18.4 Å². The minimum Gasteiger partial charge on any atom is -0.374 e. The van der Waals surface area contributed by atoms with Gasteiger partial charge in [0.1, 0.15) is 0 Å². The van der Waals surface area contributed by atoms with Crippen LogP contribution in [0.15, 0.2) is 48.5 Å². The fourth-order valence-electron chi connectivity index (χ4n) is 2.77. The lowest BCUT2D eigenvalue weighted by atomic mass is 10.2. The van der Waals surface area contributed by atoms with Crippen molar-refractivity contribution in [3.63, 3.8) is 0 Å². The van der Waals surface area contributed by atoms with E-state index in [0.717, 1.165) is 17.8 Å². The van der Waals surface area contributed by atoms with Crippen molar-refractivity contribution in [1.29, 1.82) is 5.26 Å². The minimum atomic E-state index is -0.202. The third-order valence-electron chi connectivity index (χ3n) is 4.01. The predicted octanol–water partition coefficient (Wildman–Crippen LogP) is 2.74. The van der Waals surface area contributed by atoms with Crippen molar-refractivity contribution in [3.05, 3.63) is 54.1 Å². The van der Waals surface area contributed by atoms with Gasteiger partial charge in [0.25, 0.3) is 0 Å². The van der Waals surface area contributed by atoms with Crippen LogP contribution in [0.3, 0.4) is 0 Å². The fourth-order valence-corrected chi connectivity index (χ4v) is 2.77. The number of hydrogen-bond acceptors (Lipinski definition) is 4. The van der Waals surface area contributed by atoms with Gasteiger partial charge < -0.3 is 15.5 Å². The lowest BCUT2D eigenvalue weighted by Crippen LogP contribution is -2.26. The second-order valence-electron chi connectivity index (χ2n) is 5.76. The molecule has 1 aliphatic heterocycles. The molecule has 1 heterocycles. The van der Waals surface area contributed by atoms with Crippen LogP contribution in [0.4, 0.5) is 17.1 Å². The predicted molar refractivity (Wildman–Crippen MR) is 96.3 cm³/mol. The van der Waals surface area contributed by atoms with Crippen LogP contribution in [0.2, 0.25) is 0 Å². The van der Waals surface area contributed by atoms with Gasteiger partial charge >= 0.3 is 0 Å². The molecule has 2 aromatic carbocycles. The molecule has 2 N–H and O–H groups in total. The van der Waals surface area contributed by atoms with Crippen LogP contribution in [0.5, 0.6) is 0 Å². The number of nitriles is 1. The summed E-state index contributed by atoms with van der Waals surface area (Å²) in [5.74, 6) is -0.0939. The van der Waals surface area contributed by atoms with E-state index < -0.39 is 0 Å². The maximum Gasteiger partial charge on any atom is 0.243 e. The first kappa shape index (κ1) is 16.5. The van der Waals surface area contributed by atoms with E-state index in [2.05, 4.69) is 10.6 Å². The van der Waals surface area contributed by atoms with Crippen molar-refractivity contribution in [3.8, 4) is 6.07 Å². The highest BCUT2D eigenvalue weighted by molar-refractivity contribution is 5.99. The normalized spacial score (nSPS) is 13.4. The third-order valence-corrected chi connectivity index (χ3v) is 4.01. The van der Waals surface area contributed by atoms with Crippen molar-refractivity contribution < 1.29 is 9.59 Å². The van der Waals surface area contributed by atoms with Gasteiger partial charge in [0, 0.05) is 18.7 Å². The molecule has 0 bridgehead atoms. The summed E-state index contributed by atoms with van der Waals surface area (Å²) in [6.45, 7) is 0.786. The van der Waals surface area contributed by atoms with Crippen LogP contribution in [0.25, 0.3) is 0 Å². The number of para-hydroxylation sites is 2. The van der Waals surface area contributed by atoms with Crippen molar-refractivity contribution >= 4 is 28.9 Å². The first-order valence-corrected chi connectivity index (χ1v) is 8.10. The van der Waals surface area contributed by atoms with Gasteiger partial charge in [0.2, 0.25) is 11.8 Å². The van der Waals surface area contributed by atoms with Crippen LogP contribution >= 0.6 is 0 Å². The lowest BCUT2D eigenvalue weighted by molar-refractivity contribution is -0.117. The Bertz CT molecular complexity index is 824. The van der Waals surface area contributed by atoms with Gasteiger partial charge in [0.05, 0.1) is 29.6 Å². The molecule has 1 aliphatic rings. The van der Waals surface area contributed by atoms with Gasteiger partial charge in [0.15, 0.2) is 0 Å². The molecule has 1 fully saturated rings. The molecule has 0 radical (unpaired) electrons. The molecular weight excluding hydrogens is 316 g/mol. The molecule has 3 rings (SSSR count). The number of nitrogens with zero attached hydrogens (tertiary/aromatic N) is 2. The zero-order valence-electron chi connectivity index (χ0n) is 13.7. The summed E-state index contributed by atoms with van der Waals surface area (Å²) in [7, 11) is 0. The Labute approximate surface area is 146 Å². The maximum atomic E-state index is 12.1. The number of hydrogen-bond donors (Lipinski definition) is 2. The number of rotatable bonds is 5. The van der Waals surface area contributed by atoms with Crippen LogP contribution in [-0.2, 0) is 9.59 Å². The SMILES string of the molecule is N#Cc1ccc(NC(=O)CNc2ccccc2N2CCCC2=O)cc1. The average molecular weight is 334 g/mol. The lowest BCUT2D eigenvalue weighted by Gasteiger charge is -2.20. The molecule has 0 aliphatic carbocycles. The summed E-state index contributed by atoms with van der Waals surface area (Å²) in [6.07, 6.45) is 1.42. The summed E-state index contributed by atoms with van der Waals surface area (Å²) < 4.78 is 0. The molecule has 0 unspecified atom stereocenters. The van der Waals surface area contributed by atoms with Crippen molar-refractivity contribution in [2.45, 2.75) is 12.8 Å². The maximum absolute atomic E-state index is 12.1. The Morgan fingerprint density at radius 1 is 1.16 bits per heavy atom. The van der Waals surface area contributed by atoms with Crippen LogP contribution in [0, 0.1) is 11.3 Å². The molecule has 0 aromatic heterocycles. The zero-order valence-corrected chi connectivity index (χ0v) is 13.7. The number of anilines is 3.